The van der Waals surface area contributed by atoms with Gasteiger partial charge in [-0.1, -0.05) is 18.2 Å². The number of ether oxygens (including phenoxy) is 1. The van der Waals surface area contributed by atoms with Gasteiger partial charge in [0.2, 0.25) is 5.88 Å². The summed E-state index contributed by atoms with van der Waals surface area (Å²) in [4.78, 5) is 28.3. The molecule has 0 saturated carbocycles. The van der Waals surface area contributed by atoms with E-state index in [1.54, 1.807) is 30.3 Å². The van der Waals surface area contributed by atoms with E-state index in [9.17, 15) is 22.8 Å². The Labute approximate surface area is 175 Å². The first kappa shape index (κ1) is 21.8. The van der Waals surface area contributed by atoms with Crippen molar-refractivity contribution in [1.82, 2.24) is 25.4 Å². The Bertz CT molecular complexity index is 1050. The Kier molecular flexibility index (Phi) is 6.53. The van der Waals surface area contributed by atoms with E-state index in [2.05, 4.69) is 20.7 Å². The van der Waals surface area contributed by atoms with E-state index in [-0.39, 0.29) is 18.7 Å². The van der Waals surface area contributed by atoms with E-state index in [1.807, 2.05) is 0 Å². The number of nitrogens with one attached hydrogen (secondary N) is 2. The number of hydrogen-bond donors (Lipinski definition) is 2. The van der Waals surface area contributed by atoms with Crippen LogP contribution in [0.25, 0.3) is 5.69 Å². The molecule has 0 atom stereocenters. The molecule has 0 aliphatic carbocycles. The minimum Gasteiger partial charge on any atom is -0.481 e. The minimum atomic E-state index is -4.80. The number of nitrogens with zero attached hydrogens (tertiary/aromatic N) is 3. The van der Waals surface area contributed by atoms with Crippen LogP contribution in [0.15, 0.2) is 54.9 Å². The van der Waals surface area contributed by atoms with Gasteiger partial charge < -0.3 is 15.4 Å². The van der Waals surface area contributed by atoms with Gasteiger partial charge in [-0.2, -0.15) is 18.3 Å². The molecule has 2 aromatic heterocycles. The van der Waals surface area contributed by atoms with Crippen LogP contribution in [0, 0.1) is 0 Å². The van der Waals surface area contributed by atoms with Crippen molar-refractivity contribution in [3.63, 3.8) is 0 Å². The zero-order valence-corrected chi connectivity index (χ0v) is 16.3. The summed E-state index contributed by atoms with van der Waals surface area (Å²) in [7, 11) is 1.44. The highest BCUT2D eigenvalue weighted by molar-refractivity contribution is 5.96. The molecule has 2 amide bonds. The Morgan fingerprint density at radius 1 is 1.03 bits per heavy atom. The van der Waals surface area contributed by atoms with Crippen molar-refractivity contribution in [2.75, 3.05) is 20.2 Å². The standard InChI is InChI=1S/C20H18F3N5O3/c1-31-16-8-7-13(11-26-16)18(29)24-9-10-25-19(30)15-12-28(14-5-3-2-4-6-14)27-17(15)20(21,22)23/h2-8,11-12H,9-10H2,1H3,(H,24,29)(H,25,30). The molecule has 0 spiro atoms. The van der Waals surface area contributed by atoms with E-state index < -0.39 is 29.2 Å². The fourth-order valence-corrected chi connectivity index (χ4v) is 2.65. The Hall–Kier alpha value is -3.89. The molecule has 1 aromatic carbocycles. The Balaban J connectivity index is 1.62. The zero-order valence-electron chi connectivity index (χ0n) is 16.3. The maximum atomic E-state index is 13.3. The van der Waals surface area contributed by atoms with E-state index in [1.165, 1.54) is 25.4 Å². The summed E-state index contributed by atoms with van der Waals surface area (Å²) >= 11 is 0. The average Bonchev–Trinajstić information content (AvgIpc) is 3.23. The number of aromatic nitrogens is 3. The number of carbonyl (C=O) groups excluding carboxylic acids is 2. The first-order valence-electron chi connectivity index (χ1n) is 9.08. The first-order chi connectivity index (χ1) is 14.8. The van der Waals surface area contributed by atoms with Gasteiger partial charge in [-0.3, -0.25) is 9.59 Å². The molecule has 0 radical (unpaired) electrons. The van der Waals surface area contributed by atoms with Crippen molar-refractivity contribution in [1.29, 1.82) is 0 Å². The summed E-state index contributed by atoms with van der Waals surface area (Å²) in [5, 5.41) is 8.43. The molecular formula is C20H18F3N5O3. The third kappa shape index (κ3) is 5.38. The average molecular weight is 433 g/mol. The monoisotopic (exact) mass is 433 g/mol. The van der Waals surface area contributed by atoms with E-state index >= 15 is 0 Å². The number of amides is 2. The molecule has 0 saturated heterocycles. The molecule has 0 aliphatic heterocycles. The number of rotatable bonds is 7. The van der Waals surface area contributed by atoms with Crippen LogP contribution in [0.5, 0.6) is 5.88 Å². The molecule has 3 aromatic rings. The molecule has 0 fully saturated rings. The molecule has 2 N–H and O–H groups in total. The summed E-state index contributed by atoms with van der Waals surface area (Å²) in [6.45, 7) is -0.0766. The summed E-state index contributed by atoms with van der Waals surface area (Å²) in [5.74, 6) is -1.05. The number of hydrogen-bond acceptors (Lipinski definition) is 5. The van der Waals surface area contributed by atoms with Crippen LogP contribution in [0.2, 0.25) is 0 Å². The largest absolute Gasteiger partial charge is 0.481 e. The number of methoxy groups -OCH3 is 1. The molecule has 0 bridgehead atoms. The van der Waals surface area contributed by atoms with Crippen LogP contribution in [-0.2, 0) is 6.18 Å². The second-order valence-electron chi connectivity index (χ2n) is 6.27. The second kappa shape index (κ2) is 9.28. The van der Waals surface area contributed by atoms with Crippen molar-refractivity contribution < 1.29 is 27.5 Å². The molecule has 3 rings (SSSR count). The zero-order chi connectivity index (χ0) is 22.4. The highest BCUT2D eigenvalue weighted by atomic mass is 19.4. The fourth-order valence-electron chi connectivity index (χ4n) is 2.65. The van der Waals surface area contributed by atoms with Crippen LogP contribution in [-0.4, -0.2) is 46.8 Å². The molecule has 0 aliphatic rings. The number of benzene rings is 1. The molecule has 8 nitrogen and oxygen atoms in total. The number of carbonyl (C=O) groups is 2. The number of alkyl halides is 3. The molecule has 11 heteroatoms. The number of para-hydroxylation sites is 1. The predicted octanol–water partition coefficient (Wildman–Crippen LogP) is 2.45. The third-order valence-electron chi connectivity index (χ3n) is 4.15. The maximum Gasteiger partial charge on any atom is 0.435 e. The van der Waals surface area contributed by atoms with E-state index in [0.717, 1.165) is 10.9 Å². The molecular weight excluding hydrogens is 415 g/mol. The highest BCUT2D eigenvalue weighted by Gasteiger charge is 2.39. The highest BCUT2D eigenvalue weighted by Crippen LogP contribution is 2.31. The van der Waals surface area contributed by atoms with E-state index in [4.69, 9.17) is 4.74 Å². The molecule has 2 heterocycles. The summed E-state index contributed by atoms with van der Waals surface area (Å²) in [6, 6.07) is 11.2. The predicted molar refractivity (Wildman–Crippen MR) is 104 cm³/mol. The van der Waals surface area contributed by atoms with Gasteiger partial charge in [-0.15, -0.1) is 0 Å². The lowest BCUT2D eigenvalue weighted by molar-refractivity contribution is -0.141. The van der Waals surface area contributed by atoms with Gasteiger partial charge in [-0.25, -0.2) is 9.67 Å². The van der Waals surface area contributed by atoms with E-state index in [0.29, 0.717) is 11.6 Å². The van der Waals surface area contributed by atoms with Crippen molar-refractivity contribution >= 4 is 11.8 Å². The molecule has 31 heavy (non-hydrogen) atoms. The van der Waals surface area contributed by atoms with Crippen molar-refractivity contribution in [3.8, 4) is 11.6 Å². The lowest BCUT2D eigenvalue weighted by Crippen LogP contribution is -2.35. The topological polar surface area (TPSA) is 98.1 Å². The summed E-state index contributed by atoms with van der Waals surface area (Å²) < 4.78 is 45.9. The fraction of sp³-hybridized carbons (Fsp3) is 0.200. The Morgan fingerprint density at radius 3 is 2.29 bits per heavy atom. The SMILES string of the molecule is COc1ccc(C(=O)NCCNC(=O)c2cn(-c3ccccc3)nc2C(F)(F)F)cn1. The quantitative estimate of drug-likeness (QED) is 0.558. The van der Waals surface area contributed by atoms with Crippen LogP contribution in [0.4, 0.5) is 13.2 Å². The van der Waals surface area contributed by atoms with Crippen LogP contribution >= 0.6 is 0 Å². The van der Waals surface area contributed by atoms with Gasteiger partial charge in [0.25, 0.3) is 11.8 Å². The van der Waals surface area contributed by atoms with Crippen molar-refractivity contribution in [2.24, 2.45) is 0 Å². The second-order valence-corrected chi connectivity index (χ2v) is 6.27. The van der Waals surface area contributed by atoms with Crippen LogP contribution in [0.1, 0.15) is 26.4 Å². The van der Waals surface area contributed by atoms with Gasteiger partial charge in [-0.05, 0) is 18.2 Å². The lowest BCUT2D eigenvalue weighted by Gasteiger charge is -2.08. The van der Waals surface area contributed by atoms with Gasteiger partial charge in [0.15, 0.2) is 5.69 Å². The first-order valence-corrected chi connectivity index (χ1v) is 9.08. The van der Waals surface area contributed by atoms with Gasteiger partial charge in [0.05, 0.1) is 23.9 Å². The molecule has 0 unspecified atom stereocenters. The number of halogens is 3. The van der Waals surface area contributed by atoms with Crippen molar-refractivity contribution in [3.05, 3.63) is 71.7 Å². The smallest absolute Gasteiger partial charge is 0.435 e. The van der Waals surface area contributed by atoms with Gasteiger partial charge in [0, 0.05) is 31.5 Å². The number of pyridine rings is 1. The van der Waals surface area contributed by atoms with Crippen LogP contribution in [0.3, 0.4) is 0 Å². The summed E-state index contributed by atoms with van der Waals surface area (Å²) in [5.41, 5.74) is -1.24. The van der Waals surface area contributed by atoms with Gasteiger partial charge in [0.1, 0.15) is 0 Å². The lowest BCUT2D eigenvalue weighted by atomic mass is 10.2. The summed E-state index contributed by atoms with van der Waals surface area (Å²) in [6.07, 6.45) is -2.46. The van der Waals surface area contributed by atoms with Crippen molar-refractivity contribution in [2.45, 2.75) is 6.18 Å². The Morgan fingerprint density at radius 2 is 1.71 bits per heavy atom. The maximum absolute atomic E-state index is 13.3. The van der Waals surface area contributed by atoms with Gasteiger partial charge >= 0.3 is 6.18 Å². The molecule has 162 valence electrons. The van der Waals surface area contributed by atoms with Crippen LogP contribution < -0.4 is 15.4 Å². The normalized spacial score (nSPS) is 11.1. The minimum absolute atomic E-state index is 0.00474. The third-order valence-corrected chi connectivity index (χ3v) is 4.15.